The van der Waals surface area contributed by atoms with E-state index in [1.807, 2.05) is 20.8 Å². The molecule has 2 rings (SSSR count). The molecule has 0 aromatic rings. The molecule has 0 radical (unpaired) electrons. The average Bonchev–Trinajstić information content (AvgIpc) is 3.07. The second-order valence-corrected chi connectivity index (χ2v) is 7.59. The van der Waals surface area contributed by atoms with Crippen molar-refractivity contribution in [1.82, 2.24) is 9.80 Å². The SMILES string of the molecule is CCC1(OCCN2CCCC2)CCN(C(=O)OC(C)(C)C)C1. The average molecular weight is 312 g/mol. The van der Waals surface area contributed by atoms with E-state index >= 15 is 0 Å². The first-order chi connectivity index (χ1) is 10.3. The minimum Gasteiger partial charge on any atom is -0.444 e. The highest BCUT2D eigenvalue weighted by Gasteiger charge is 2.40. The minimum atomic E-state index is -0.439. The van der Waals surface area contributed by atoms with Gasteiger partial charge in [0.05, 0.1) is 18.8 Å². The maximum Gasteiger partial charge on any atom is 0.410 e. The summed E-state index contributed by atoms with van der Waals surface area (Å²) in [7, 11) is 0. The fraction of sp³-hybridized carbons (Fsp3) is 0.941. The predicted molar refractivity (Wildman–Crippen MR) is 87.1 cm³/mol. The van der Waals surface area contributed by atoms with Crippen LogP contribution in [0.4, 0.5) is 4.79 Å². The van der Waals surface area contributed by atoms with Crippen molar-refractivity contribution >= 4 is 6.09 Å². The molecule has 2 heterocycles. The lowest BCUT2D eigenvalue weighted by atomic mass is 10.00. The molecule has 1 unspecified atom stereocenters. The Morgan fingerprint density at radius 1 is 1.18 bits per heavy atom. The van der Waals surface area contributed by atoms with E-state index in [-0.39, 0.29) is 11.7 Å². The zero-order valence-electron chi connectivity index (χ0n) is 14.7. The Labute approximate surface area is 134 Å². The van der Waals surface area contributed by atoms with E-state index in [0.29, 0.717) is 6.54 Å². The Morgan fingerprint density at radius 3 is 2.45 bits per heavy atom. The van der Waals surface area contributed by atoms with Crippen molar-refractivity contribution in [1.29, 1.82) is 0 Å². The van der Waals surface area contributed by atoms with Crippen LogP contribution in [0, 0.1) is 0 Å². The monoisotopic (exact) mass is 312 g/mol. The molecular weight excluding hydrogens is 280 g/mol. The maximum absolute atomic E-state index is 12.2. The summed E-state index contributed by atoms with van der Waals surface area (Å²) in [5.74, 6) is 0. The molecule has 128 valence electrons. The number of hydrogen-bond donors (Lipinski definition) is 0. The van der Waals surface area contributed by atoms with Crippen LogP contribution in [0.1, 0.15) is 53.4 Å². The van der Waals surface area contributed by atoms with Gasteiger partial charge < -0.3 is 19.3 Å². The van der Waals surface area contributed by atoms with Crippen LogP contribution in [0.5, 0.6) is 0 Å². The lowest BCUT2D eigenvalue weighted by Crippen LogP contribution is -2.41. The summed E-state index contributed by atoms with van der Waals surface area (Å²) in [6.45, 7) is 13.4. The maximum atomic E-state index is 12.2. The third kappa shape index (κ3) is 4.85. The molecule has 0 aromatic heterocycles. The minimum absolute atomic E-state index is 0.184. The molecule has 0 saturated carbocycles. The Hall–Kier alpha value is -0.810. The number of likely N-dealkylation sites (tertiary alicyclic amines) is 2. The number of amides is 1. The first-order valence-electron chi connectivity index (χ1n) is 8.68. The molecule has 2 saturated heterocycles. The molecule has 0 spiro atoms. The standard InChI is InChI=1S/C17H32N2O3/c1-5-17(21-13-12-18-9-6-7-10-18)8-11-19(14-17)15(20)22-16(2,3)4/h5-14H2,1-4H3. The van der Waals surface area contributed by atoms with Crippen LogP contribution in [-0.2, 0) is 9.47 Å². The number of carbonyl (C=O) groups is 1. The summed E-state index contributed by atoms with van der Waals surface area (Å²) in [6, 6.07) is 0. The van der Waals surface area contributed by atoms with E-state index in [4.69, 9.17) is 9.47 Å². The summed E-state index contributed by atoms with van der Waals surface area (Å²) in [5.41, 5.74) is -0.623. The smallest absolute Gasteiger partial charge is 0.410 e. The molecule has 2 fully saturated rings. The van der Waals surface area contributed by atoms with E-state index < -0.39 is 5.60 Å². The van der Waals surface area contributed by atoms with Crippen LogP contribution in [0.3, 0.4) is 0 Å². The molecule has 0 N–H and O–H groups in total. The van der Waals surface area contributed by atoms with E-state index in [1.165, 1.54) is 25.9 Å². The van der Waals surface area contributed by atoms with Crippen LogP contribution >= 0.6 is 0 Å². The van der Waals surface area contributed by atoms with Crippen LogP contribution in [-0.4, -0.2) is 66.4 Å². The molecular formula is C17H32N2O3. The van der Waals surface area contributed by atoms with E-state index in [1.54, 1.807) is 4.90 Å². The van der Waals surface area contributed by atoms with Crippen molar-refractivity contribution in [2.24, 2.45) is 0 Å². The number of nitrogens with zero attached hydrogens (tertiary/aromatic N) is 2. The van der Waals surface area contributed by atoms with Gasteiger partial charge in [0.25, 0.3) is 0 Å². The molecule has 22 heavy (non-hydrogen) atoms. The predicted octanol–water partition coefficient (Wildman–Crippen LogP) is 2.89. The van der Waals surface area contributed by atoms with Crippen LogP contribution in [0.2, 0.25) is 0 Å². The number of hydrogen-bond acceptors (Lipinski definition) is 4. The second kappa shape index (κ2) is 7.18. The van der Waals surface area contributed by atoms with Gasteiger partial charge >= 0.3 is 6.09 Å². The third-order valence-corrected chi connectivity index (χ3v) is 4.63. The van der Waals surface area contributed by atoms with Crippen LogP contribution in [0.25, 0.3) is 0 Å². The lowest BCUT2D eigenvalue weighted by Gasteiger charge is -2.30. The first-order valence-corrected chi connectivity index (χ1v) is 8.68. The molecule has 5 heteroatoms. The Bertz CT molecular complexity index is 375. The molecule has 5 nitrogen and oxygen atoms in total. The zero-order valence-corrected chi connectivity index (χ0v) is 14.7. The van der Waals surface area contributed by atoms with E-state index in [9.17, 15) is 4.79 Å². The van der Waals surface area contributed by atoms with Gasteiger partial charge in [0.15, 0.2) is 0 Å². The van der Waals surface area contributed by atoms with Crippen molar-refractivity contribution in [2.45, 2.75) is 64.6 Å². The van der Waals surface area contributed by atoms with Crippen molar-refractivity contribution in [3.05, 3.63) is 0 Å². The largest absolute Gasteiger partial charge is 0.444 e. The van der Waals surface area contributed by atoms with Crippen LogP contribution in [0.15, 0.2) is 0 Å². The summed E-state index contributed by atoms with van der Waals surface area (Å²) >= 11 is 0. The van der Waals surface area contributed by atoms with Gasteiger partial charge in [-0.15, -0.1) is 0 Å². The molecule has 2 aliphatic rings. The summed E-state index contributed by atoms with van der Waals surface area (Å²) in [6.07, 6.45) is 4.25. The lowest BCUT2D eigenvalue weighted by molar-refractivity contribution is -0.0478. The van der Waals surface area contributed by atoms with Crippen molar-refractivity contribution in [2.75, 3.05) is 39.3 Å². The molecule has 0 aliphatic carbocycles. The van der Waals surface area contributed by atoms with Gasteiger partial charge in [0.2, 0.25) is 0 Å². The van der Waals surface area contributed by atoms with Gasteiger partial charge in [0.1, 0.15) is 5.60 Å². The number of ether oxygens (including phenoxy) is 2. The fourth-order valence-electron chi connectivity index (χ4n) is 3.23. The highest BCUT2D eigenvalue weighted by atomic mass is 16.6. The first kappa shape index (κ1) is 17.5. The Morgan fingerprint density at radius 2 is 1.86 bits per heavy atom. The van der Waals surface area contributed by atoms with E-state index in [0.717, 1.165) is 32.5 Å². The number of carbonyl (C=O) groups excluding carboxylic acids is 1. The van der Waals surface area contributed by atoms with Crippen molar-refractivity contribution in [3.8, 4) is 0 Å². The number of rotatable bonds is 5. The summed E-state index contributed by atoms with van der Waals surface area (Å²) < 4.78 is 11.7. The Kier molecular flexibility index (Phi) is 5.72. The quantitative estimate of drug-likeness (QED) is 0.783. The zero-order chi connectivity index (χ0) is 16.2. The van der Waals surface area contributed by atoms with Crippen LogP contribution < -0.4 is 0 Å². The molecule has 0 aromatic carbocycles. The Balaban J connectivity index is 1.79. The van der Waals surface area contributed by atoms with Gasteiger partial charge in [-0.05, 0) is 59.5 Å². The van der Waals surface area contributed by atoms with E-state index in [2.05, 4.69) is 11.8 Å². The molecule has 2 aliphatic heterocycles. The summed E-state index contributed by atoms with van der Waals surface area (Å²) in [5, 5.41) is 0. The highest BCUT2D eigenvalue weighted by Crippen LogP contribution is 2.30. The van der Waals surface area contributed by atoms with Gasteiger partial charge in [-0.2, -0.15) is 0 Å². The molecule has 1 amide bonds. The summed E-state index contributed by atoms with van der Waals surface area (Å²) in [4.78, 5) is 16.4. The van der Waals surface area contributed by atoms with Crippen molar-refractivity contribution < 1.29 is 14.3 Å². The fourth-order valence-corrected chi connectivity index (χ4v) is 3.23. The normalized spacial score (nSPS) is 26.6. The topological polar surface area (TPSA) is 42.0 Å². The van der Waals surface area contributed by atoms with Gasteiger partial charge in [-0.25, -0.2) is 4.79 Å². The second-order valence-electron chi connectivity index (χ2n) is 7.59. The highest BCUT2D eigenvalue weighted by molar-refractivity contribution is 5.68. The van der Waals surface area contributed by atoms with Gasteiger partial charge in [0, 0.05) is 13.1 Å². The van der Waals surface area contributed by atoms with Gasteiger partial charge in [-0.1, -0.05) is 6.92 Å². The molecule has 0 bridgehead atoms. The van der Waals surface area contributed by atoms with Crippen molar-refractivity contribution in [3.63, 3.8) is 0 Å². The van der Waals surface area contributed by atoms with Gasteiger partial charge in [-0.3, -0.25) is 0 Å². The molecule has 1 atom stereocenters. The third-order valence-electron chi connectivity index (χ3n) is 4.63.